The molecule has 134 valence electrons. The van der Waals surface area contributed by atoms with Gasteiger partial charge in [0.25, 0.3) is 5.91 Å². The average molecular weight is 362 g/mol. The van der Waals surface area contributed by atoms with Gasteiger partial charge in [-0.25, -0.2) is 17.4 Å². The fourth-order valence-corrected chi connectivity index (χ4v) is 3.60. The van der Waals surface area contributed by atoms with Gasteiger partial charge in [-0.2, -0.15) is 5.10 Å². The van der Waals surface area contributed by atoms with E-state index in [9.17, 15) is 13.2 Å². The smallest absolute Gasteiger partial charge is 0.256 e. The summed E-state index contributed by atoms with van der Waals surface area (Å²) in [7, 11) is -0.562. The van der Waals surface area contributed by atoms with E-state index < -0.39 is 10.0 Å². The first-order chi connectivity index (χ1) is 11.8. The molecule has 1 aromatic carbocycles. The number of nitrogens with zero attached hydrogens (tertiary/aromatic N) is 3. The number of sulfonamides is 1. The Bertz CT molecular complexity index is 868. The van der Waals surface area contributed by atoms with Crippen LogP contribution in [0.15, 0.2) is 41.4 Å². The molecule has 1 aliphatic carbocycles. The molecule has 0 bridgehead atoms. The second-order valence-corrected chi connectivity index (χ2v) is 8.66. The van der Waals surface area contributed by atoms with Crippen molar-refractivity contribution in [3.63, 3.8) is 0 Å². The second-order valence-electron chi connectivity index (χ2n) is 6.50. The predicted octanol–water partition coefficient (Wildman–Crippen LogP) is 2.36. The van der Waals surface area contributed by atoms with Crippen molar-refractivity contribution in [2.24, 2.45) is 5.92 Å². The molecule has 3 rings (SSSR count). The highest BCUT2D eigenvalue weighted by molar-refractivity contribution is 7.89. The molecular weight excluding hydrogens is 340 g/mol. The molecule has 2 aromatic rings. The molecule has 0 saturated heterocycles. The van der Waals surface area contributed by atoms with E-state index in [1.54, 1.807) is 12.3 Å². The molecule has 1 aliphatic rings. The molecule has 0 spiro atoms. The standard InChI is InChI=1S/C17H22N4O3S/c1-12(13-4-5-13)21-16(10-11-18-21)19-17(22)14-6-8-15(9-7-14)25(23,24)20(2)3/h6-13H,4-5H2,1-3H3,(H,19,22). The van der Waals surface area contributed by atoms with Gasteiger partial charge in [0, 0.05) is 25.7 Å². The highest BCUT2D eigenvalue weighted by atomic mass is 32.2. The highest BCUT2D eigenvalue weighted by Crippen LogP contribution is 2.40. The second kappa shape index (κ2) is 6.61. The van der Waals surface area contributed by atoms with Gasteiger partial charge in [0.1, 0.15) is 5.82 Å². The van der Waals surface area contributed by atoms with Crippen molar-refractivity contribution in [3.8, 4) is 0 Å². The number of hydrogen-bond donors (Lipinski definition) is 1. The summed E-state index contributed by atoms with van der Waals surface area (Å²) < 4.78 is 27.1. The van der Waals surface area contributed by atoms with Crippen LogP contribution in [0, 0.1) is 5.92 Å². The van der Waals surface area contributed by atoms with Crippen LogP contribution in [0.3, 0.4) is 0 Å². The Morgan fingerprint density at radius 2 is 1.88 bits per heavy atom. The molecule has 1 amide bonds. The zero-order chi connectivity index (χ0) is 18.2. The Hall–Kier alpha value is -2.19. The van der Waals surface area contributed by atoms with Crippen molar-refractivity contribution >= 4 is 21.7 Å². The maximum atomic E-state index is 12.5. The molecule has 1 fully saturated rings. The molecule has 1 saturated carbocycles. The van der Waals surface area contributed by atoms with Gasteiger partial charge in [0.15, 0.2) is 0 Å². The van der Waals surface area contributed by atoms with Crippen molar-refractivity contribution in [2.75, 3.05) is 19.4 Å². The molecule has 1 heterocycles. The van der Waals surface area contributed by atoms with Gasteiger partial charge in [0.05, 0.1) is 17.1 Å². The van der Waals surface area contributed by atoms with E-state index in [1.165, 1.54) is 51.2 Å². The van der Waals surface area contributed by atoms with Crippen LogP contribution in [0.4, 0.5) is 5.82 Å². The zero-order valence-electron chi connectivity index (χ0n) is 14.5. The summed E-state index contributed by atoms with van der Waals surface area (Å²) >= 11 is 0. The van der Waals surface area contributed by atoms with Gasteiger partial charge < -0.3 is 5.32 Å². The number of rotatable bonds is 6. The van der Waals surface area contributed by atoms with E-state index in [1.807, 2.05) is 4.68 Å². The minimum atomic E-state index is -3.50. The highest BCUT2D eigenvalue weighted by Gasteiger charge is 2.30. The predicted molar refractivity (Wildman–Crippen MR) is 94.9 cm³/mol. The van der Waals surface area contributed by atoms with E-state index >= 15 is 0 Å². The van der Waals surface area contributed by atoms with Crippen LogP contribution in [-0.2, 0) is 10.0 Å². The minimum Gasteiger partial charge on any atom is -0.307 e. The Kier molecular flexibility index (Phi) is 4.66. The summed E-state index contributed by atoms with van der Waals surface area (Å²) in [6.07, 6.45) is 4.05. The first-order valence-corrected chi connectivity index (χ1v) is 9.62. The average Bonchev–Trinajstić information content (AvgIpc) is 3.34. The molecule has 7 nitrogen and oxygen atoms in total. The molecule has 1 N–H and O–H groups in total. The van der Waals surface area contributed by atoms with Crippen molar-refractivity contribution in [2.45, 2.75) is 30.7 Å². The SMILES string of the molecule is CC(C1CC1)n1nccc1NC(=O)c1ccc(S(=O)(=O)N(C)C)cc1. The first-order valence-electron chi connectivity index (χ1n) is 8.18. The van der Waals surface area contributed by atoms with E-state index in [-0.39, 0.29) is 16.8 Å². The fraction of sp³-hybridized carbons (Fsp3) is 0.412. The maximum Gasteiger partial charge on any atom is 0.256 e. The lowest BCUT2D eigenvalue weighted by Crippen LogP contribution is -2.22. The largest absolute Gasteiger partial charge is 0.307 e. The molecule has 0 aliphatic heterocycles. The molecule has 1 aromatic heterocycles. The summed E-state index contributed by atoms with van der Waals surface area (Å²) in [4.78, 5) is 12.6. The number of nitrogens with one attached hydrogen (secondary N) is 1. The van der Waals surface area contributed by atoms with Gasteiger partial charge in [-0.05, 0) is 49.9 Å². The van der Waals surface area contributed by atoms with Gasteiger partial charge in [-0.15, -0.1) is 0 Å². The Morgan fingerprint density at radius 3 is 2.44 bits per heavy atom. The third-order valence-corrected chi connectivity index (χ3v) is 6.33. The minimum absolute atomic E-state index is 0.154. The van der Waals surface area contributed by atoms with Crippen LogP contribution >= 0.6 is 0 Å². The lowest BCUT2D eigenvalue weighted by Gasteiger charge is -2.15. The lowest BCUT2D eigenvalue weighted by molar-refractivity contribution is 0.102. The van der Waals surface area contributed by atoms with Crippen LogP contribution in [0.25, 0.3) is 0 Å². The Morgan fingerprint density at radius 1 is 1.24 bits per heavy atom. The summed E-state index contributed by atoms with van der Waals surface area (Å²) in [5, 5.41) is 7.16. The zero-order valence-corrected chi connectivity index (χ0v) is 15.3. The fourth-order valence-electron chi connectivity index (χ4n) is 2.69. The molecule has 0 radical (unpaired) electrons. The number of carbonyl (C=O) groups is 1. The number of hydrogen-bond acceptors (Lipinski definition) is 4. The number of benzene rings is 1. The van der Waals surface area contributed by atoms with Crippen LogP contribution in [0.2, 0.25) is 0 Å². The Balaban J connectivity index is 1.75. The molecule has 1 atom stereocenters. The van der Waals surface area contributed by atoms with Crippen LogP contribution in [0.5, 0.6) is 0 Å². The van der Waals surface area contributed by atoms with Crippen molar-refractivity contribution in [1.29, 1.82) is 0 Å². The van der Waals surface area contributed by atoms with E-state index in [4.69, 9.17) is 0 Å². The summed E-state index contributed by atoms with van der Waals surface area (Å²) in [5.74, 6) is 0.971. The molecule has 25 heavy (non-hydrogen) atoms. The number of aromatic nitrogens is 2. The normalized spacial score (nSPS) is 16.0. The third-order valence-electron chi connectivity index (χ3n) is 4.50. The lowest BCUT2D eigenvalue weighted by atomic mass is 10.2. The topological polar surface area (TPSA) is 84.3 Å². The van der Waals surface area contributed by atoms with Crippen molar-refractivity contribution < 1.29 is 13.2 Å². The number of carbonyl (C=O) groups excluding carboxylic acids is 1. The van der Waals surface area contributed by atoms with Crippen LogP contribution in [0.1, 0.15) is 36.2 Å². The van der Waals surface area contributed by atoms with E-state index in [0.717, 1.165) is 4.31 Å². The van der Waals surface area contributed by atoms with Gasteiger partial charge in [0.2, 0.25) is 10.0 Å². The van der Waals surface area contributed by atoms with E-state index in [2.05, 4.69) is 17.3 Å². The number of anilines is 1. The monoisotopic (exact) mass is 362 g/mol. The third kappa shape index (κ3) is 3.59. The van der Waals surface area contributed by atoms with Gasteiger partial charge in [-0.3, -0.25) is 4.79 Å². The van der Waals surface area contributed by atoms with Crippen LogP contribution < -0.4 is 5.32 Å². The molecule has 1 unspecified atom stereocenters. The molecule has 8 heteroatoms. The quantitative estimate of drug-likeness (QED) is 0.855. The summed E-state index contributed by atoms with van der Waals surface area (Å²) in [6.45, 7) is 2.10. The molecular formula is C17H22N4O3S. The number of amides is 1. The van der Waals surface area contributed by atoms with E-state index in [0.29, 0.717) is 17.3 Å². The van der Waals surface area contributed by atoms with Crippen molar-refractivity contribution in [3.05, 3.63) is 42.1 Å². The van der Waals surface area contributed by atoms with Crippen LogP contribution in [-0.4, -0.2) is 42.5 Å². The van der Waals surface area contributed by atoms with Gasteiger partial charge in [-0.1, -0.05) is 0 Å². The first kappa shape index (κ1) is 17.6. The van der Waals surface area contributed by atoms with Gasteiger partial charge >= 0.3 is 0 Å². The Labute approximate surface area is 147 Å². The van der Waals surface area contributed by atoms with Crippen molar-refractivity contribution in [1.82, 2.24) is 14.1 Å². The summed E-state index contributed by atoms with van der Waals surface area (Å²) in [6, 6.07) is 7.91. The summed E-state index contributed by atoms with van der Waals surface area (Å²) in [5.41, 5.74) is 0.393. The maximum absolute atomic E-state index is 12.5.